The Balaban J connectivity index is 2.03. The van der Waals surface area contributed by atoms with Crippen LogP contribution in [0.5, 0.6) is 11.5 Å². The molecule has 126 valence electrons. The summed E-state index contributed by atoms with van der Waals surface area (Å²) in [6.07, 6.45) is 1.29. The van der Waals surface area contributed by atoms with Crippen molar-refractivity contribution < 1.29 is 13.9 Å². The highest BCUT2D eigenvalue weighted by molar-refractivity contribution is 9.11. The van der Waals surface area contributed by atoms with Crippen molar-refractivity contribution in [1.29, 1.82) is 0 Å². The van der Waals surface area contributed by atoms with Crippen LogP contribution in [-0.4, -0.2) is 22.2 Å². The summed E-state index contributed by atoms with van der Waals surface area (Å²) in [5, 5.41) is 3.58. The maximum Gasteiger partial charge on any atom is 0.164 e. The minimum absolute atomic E-state index is 0.0460. The normalized spacial score (nSPS) is 20.5. The van der Waals surface area contributed by atoms with Crippen molar-refractivity contribution >= 4 is 32.7 Å². The quantitative estimate of drug-likeness (QED) is 0.765. The summed E-state index contributed by atoms with van der Waals surface area (Å²) >= 11 is 3.10. The molecule has 0 saturated carbocycles. The van der Waals surface area contributed by atoms with Crippen LogP contribution >= 0.6 is 15.9 Å². The van der Waals surface area contributed by atoms with Crippen LogP contribution in [0.25, 0.3) is 10.9 Å². The van der Waals surface area contributed by atoms with Gasteiger partial charge in [0, 0.05) is 15.9 Å². The molecule has 5 nitrogen and oxygen atoms in total. The van der Waals surface area contributed by atoms with Crippen LogP contribution in [0.3, 0.4) is 0 Å². The van der Waals surface area contributed by atoms with Gasteiger partial charge in [-0.05, 0) is 26.8 Å². The van der Waals surface area contributed by atoms with E-state index in [0.717, 1.165) is 0 Å². The molecule has 0 aliphatic carbocycles. The molecule has 2 heterocycles. The van der Waals surface area contributed by atoms with Gasteiger partial charge in [0.05, 0.1) is 11.2 Å². The average Bonchev–Trinajstić information content (AvgIpc) is 2.54. The van der Waals surface area contributed by atoms with E-state index in [0.29, 0.717) is 32.7 Å². The summed E-state index contributed by atoms with van der Waals surface area (Å²) in [5.41, 5.74) is 0.783. The molecule has 1 aromatic carbocycles. The van der Waals surface area contributed by atoms with Crippen LogP contribution < -0.4 is 14.8 Å². The standard InChI is InChI=1S/C17H17BrFN3O2/c1-8(18)16(19)9(2)22-17-12-5-14-15(6-13(12)20-7-21-17)24-11(4)10(3)23-14/h5-7,10-11H,2H2,1,3-4H3,(H,20,21,22)/b16-8-. The summed E-state index contributed by atoms with van der Waals surface area (Å²) in [6.45, 7) is 9.19. The molecule has 0 radical (unpaired) electrons. The van der Waals surface area contributed by atoms with Crippen molar-refractivity contribution in [3.05, 3.63) is 41.0 Å². The molecule has 1 aromatic heterocycles. The molecule has 0 amide bonds. The number of hydrogen-bond acceptors (Lipinski definition) is 5. The number of benzene rings is 1. The molecule has 7 heteroatoms. The molecule has 24 heavy (non-hydrogen) atoms. The number of rotatable bonds is 3. The van der Waals surface area contributed by atoms with E-state index in [1.165, 1.54) is 6.33 Å². The van der Waals surface area contributed by atoms with Crippen molar-refractivity contribution in [2.24, 2.45) is 0 Å². The maximum atomic E-state index is 14.0. The van der Waals surface area contributed by atoms with Crippen LogP contribution in [0, 0.1) is 0 Å². The molecule has 0 spiro atoms. The van der Waals surface area contributed by atoms with E-state index in [9.17, 15) is 4.39 Å². The van der Waals surface area contributed by atoms with Gasteiger partial charge in [-0.15, -0.1) is 0 Å². The first-order chi connectivity index (χ1) is 11.4. The van der Waals surface area contributed by atoms with Gasteiger partial charge in [0.2, 0.25) is 0 Å². The number of allylic oxidation sites excluding steroid dienone is 2. The lowest BCUT2D eigenvalue weighted by Crippen LogP contribution is -2.34. The van der Waals surface area contributed by atoms with Crippen molar-refractivity contribution in [3.8, 4) is 11.5 Å². The van der Waals surface area contributed by atoms with Gasteiger partial charge in [0.25, 0.3) is 0 Å². The number of aromatic nitrogens is 2. The smallest absolute Gasteiger partial charge is 0.164 e. The van der Waals surface area contributed by atoms with Crippen LogP contribution in [0.2, 0.25) is 0 Å². The summed E-state index contributed by atoms with van der Waals surface area (Å²) in [6, 6.07) is 3.59. The Morgan fingerprint density at radius 1 is 1.21 bits per heavy atom. The fourth-order valence-electron chi connectivity index (χ4n) is 2.35. The van der Waals surface area contributed by atoms with Gasteiger partial charge in [-0.25, -0.2) is 14.4 Å². The molecular formula is C17H17BrFN3O2. The average molecular weight is 394 g/mol. The second kappa shape index (κ2) is 6.39. The van der Waals surface area contributed by atoms with E-state index >= 15 is 0 Å². The van der Waals surface area contributed by atoms with Crippen LogP contribution in [0.4, 0.5) is 10.2 Å². The Morgan fingerprint density at radius 3 is 2.46 bits per heavy atom. The van der Waals surface area contributed by atoms with Crippen LogP contribution in [0.15, 0.2) is 41.0 Å². The van der Waals surface area contributed by atoms with Crippen molar-refractivity contribution in [2.75, 3.05) is 5.32 Å². The Labute approximate surface area is 147 Å². The van der Waals surface area contributed by atoms with Crippen LogP contribution in [-0.2, 0) is 0 Å². The number of fused-ring (bicyclic) bond motifs is 2. The Kier molecular flexibility index (Phi) is 4.45. The molecule has 1 aliphatic heterocycles. The van der Waals surface area contributed by atoms with Crippen LogP contribution in [0.1, 0.15) is 20.8 Å². The molecule has 2 unspecified atom stereocenters. The first kappa shape index (κ1) is 16.7. The molecule has 2 aromatic rings. The van der Waals surface area contributed by atoms with Gasteiger partial charge in [-0.3, -0.25) is 0 Å². The molecule has 3 rings (SSSR count). The molecule has 0 bridgehead atoms. The number of halogens is 2. The second-order valence-electron chi connectivity index (χ2n) is 5.64. The summed E-state index contributed by atoms with van der Waals surface area (Å²) < 4.78 is 26.0. The highest BCUT2D eigenvalue weighted by Gasteiger charge is 2.25. The van der Waals surface area contributed by atoms with Gasteiger partial charge in [-0.2, -0.15) is 0 Å². The van der Waals surface area contributed by atoms with Gasteiger partial charge < -0.3 is 14.8 Å². The van der Waals surface area contributed by atoms with Gasteiger partial charge >= 0.3 is 0 Å². The molecule has 2 atom stereocenters. The SMILES string of the molecule is C=C(Nc1ncnc2cc3c(cc12)OC(C)C(C)O3)/C(F)=C(\C)Br. The van der Waals surface area contributed by atoms with E-state index in [4.69, 9.17) is 9.47 Å². The summed E-state index contributed by atoms with van der Waals surface area (Å²) in [7, 11) is 0. The Hall–Kier alpha value is -2.15. The second-order valence-corrected chi connectivity index (χ2v) is 6.82. The van der Waals surface area contributed by atoms with Crippen molar-refractivity contribution in [3.63, 3.8) is 0 Å². The monoisotopic (exact) mass is 393 g/mol. The first-order valence-electron chi connectivity index (χ1n) is 7.47. The fourth-order valence-corrected chi connectivity index (χ4v) is 2.59. The van der Waals surface area contributed by atoms with Gasteiger partial charge in [-0.1, -0.05) is 22.5 Å². The van der Waals surface area contributed by atoms with Gasteiger partial charge in [0.15, 0.2) is 17.3 Å². The molecule has 1 N–H and O–H groups in total. The minimum Gasteiger partial charge on any atom is -0.483 e. The Bertz CT molecular complexity index is 849. The predicted molar refractivity (Wildman–Crippen MR) is 95.2 cm³/mol. The third kappa shape index (κ3) is 3.08. The van der Waals surface area contributed by atoms with E-state index in [1.54, 1.807) is 19.1 Å². The third-order valence-corrected chi connectivity index (χ3v) is 4.17. The van der Waals surface area contributed by atoms with Crippen molar-refractivity contribution in [1.82, 2.24) is 9.97 Å². The number of anilines is 1. The zero-order chi connectivity index (χ0) is 17.4. The molecule has 1 aliphatic rings. The fraction of sp³-hybridized carbons (Fsp3) is 0.294. The lowest BCUT2D eigenvalue weighted by atomic mass is 10.1. The number of hydrogen-bond donors (Lipinski definition) is 1. The van der Waals surface area contributed by atoms with E-state index in [1.807, 2.05) is 13.8 Å². The van der Waals surface area contributed by atoms with Gasteiger partial charge in [0.1, 0.15) is 24.4 Å². The summed E-state index contributed by atoms with van der Waals surface area (Å²) in [4.78, 5) is 8.44. The zero-order valence-corrected chi connectivity index (χ0v) is 15.1. The lowest BCUT2D eigenvalue weighted by Gasteiger charge is -2.30. The van der Waals surface area contributed by atoms with Crippen molar-refractivity contribution in [2.45, 2.75) is 33.0 Å². The van der Waals surface area contributed by atoms with E-state index in [-0.39, 0.29) is 17.9 Å². The predicted octanol–water partition coefficient (Wildman–Crippen LogP) is 4.70. The number of nitrogens with one attached hydrogen (secondary N) is 1. The highest BCUT2D eigenvalue weighted by Crippen LogP contribution is 2.38. The Morgan fingerprint density at radius 2 is 1.83 bits per heavy atom. The van der Waals surface area contributed by atoms with E-state index in [2.05, 4.69) is 37.8 Å². The molecule has 0 fully saturated rings. The minimum atomic E-state index is -0.471. The zero-order valence-electron chi connectivity index (χ0n) is 13.6. The third-order valence-electron chi connectivity index (χ3n) is 3.82. The van der Waals surface area contributed by atoms with E-state index < -0.39 is 5.83 Å². The first-order valence-corrected chi connectivity index (χ1v) is 8.26. The topological polar surface area (TPSA) is 56.3 Å². The maximum absolute atomic E-state index is 14.0. The summed E-state index contributed by atoms with van der Waals surface area (Å²) in [5.74, 6) is 1.23. The number of nitrogens with zero attached hydrogens (tertiary/aromatic N) is 2. The largest absolute Gasteiger partial charge is 0.483 e. The molecule has 0 saturated heterocycles. The lowest BCUT2D eigenvalue weighted by molar-refractivity contribution is 0.0433. The molecular weight excluding hydrogens is 377 g/mol. The highest BCUT2D eigenvalue weighted by atomic mass is 79.9. The number of ether oxygens (including phenoxy) is 2.